The van der Waals surface area contributed by atoms with Gasteiger partial charge in [0.1, 0.15) is 11.2 Å². The lowest BCUT2D eigenvalue weighted by molar-refractivity contribution is -0.161. The van der Waals surface area contributed by atoms with Crippen LogP contribution in [0.4, 0.5) is 26.3 Å². The molecule has 0 unspecified atom stereocenters. The van der Waals surface area contributed by atoms with Crippen LogP contribution in [0.15, 0.2) is 36.7 Å². The normalized spacial score (nSPS) is 16.5. The second-order valence-electron chi connectivity index (χ2n) is 7.42. The number of hydrogen-bond donors (Lipinski definition) is 1. The average Bonchev–Trinajstić information content (AvgIpc) is 3.49. The Bertz CT molecular complexity index is 906. The molecule has 2 heterocycles. The topological polar surface area (TPSA) is 64.1 Å². The summed E-state index contributed by atoms with van der Waals surface area (Å²) < 4.78 is 80.5. The zero-order valence-corrected chi connectivity index (χ0v) is 16.3. The predicted molar refractivity (Wildman–Crippen MR) is 97.3 cm³/mol. The standard InChI is InChI=1S/C20H19F6N3O2/c1-12(15-4-3-14(10-27-15)31-11-19(21,22)23)29-17(30)8-13-2-5-16(28-9-13)18(6-7-18)20(24,25)26/h2-5,9-10,12H,6-8,11H2,1H3,(H,29,30)/t12-/m1/s1. The van der Waals surface area contributed by atoms with Gasteiger partial charge in [-0.25, -0.2) is 0 Å². The van der Waals surface area contributed by atoms with Crippen LogP contribution in [-0.4, -0.2) is 34.8 Å². The third-order valence-corrected chi connectivity index (χ3v) is 4.96. The molecule has 0 saturated heterocycles. The molecule has 1 atom stereocenters. The maximum atomic E-state index is 13.1. The summed E-state index contributed by atoms with van der Waals surface area (Å²) in [6.45, 7) is 0.204. The Morgan fingerprint density at radius 2 is 1.81 bits per heavy atom. The zero-order chi connectivity index (χ0) is 22.9. The Balaban J connectivity index is 1.53. The van der Waals surface area contributed by atoms with E-state index in [1.54, 1.807) is 6.92 Å². The van der Waals surface area contributed by atoms with E-state index in [0.717, 1.165) is 6.20 Å². The molecule has 2 aromatic heterocycles. The van der Waals surface area contributed by atoms with E-state index >= 15 is 0 Å². The molecule has 0 bridgehead atoms. The summed E-state index contributed by atoms with van der Waals surface area (Å²) in [6, 6.07) is 4.95. The lowest BCUT2D eigenvalue weighted by atomic mass is 10.0. The summed E-state index contributed by atoms with van der Waals surface area (Å²) in [5, 5.41) is 2.67. The third-order valence-electron chi connectivity index (χ3n) is 4.96. The number of rotatable bonds is 7. The van der Waals surface area contributed by atoms with Crippen molar-refractivity contribution in [3.63, 3.8) is 0 Å². The molecule has 3 rings (SSSR count). The number of aromatic nitrogens is 2. The van der Waals surface area contributed by atoms with E-state index in [2.05, 4.69) is 20.0 Å². The first-order chi connectivity index (χ1) is 14.4. The van der Waals surface area contributed by atoms with E-state index in [4.69, 9.17) is 0 Å². The first-order valence-electron chi connectivity index (χ1n) is 9.37. The van der Waals surface area contributed by atoms with Gasteiger partial charge in [-0.1, -0.05) is 6.07 Å². The molecule has 2 aromatic rings. The molecule has 11 heteroatoms. The third kappa shape index (κ3) is 5.65. The van der Waals surface area contributed by atoms with Crippen molar-refractivity contribution in [2.45, 2.75) is 50.0 Å². The van der Waals surface area contributed by atoms with Gasteiger partial charge in [0.05, 0.1) is 30.0 Å². The minimum Gasteiger partial charge on any atom is -0.483 e. The lowest BCUT2D eigenvalue weighted by Crippen LogP contribution is -2.30. The van der Waals surface area contributed by atoms with Gasteiger partial charge in [0.25, 0.3) is 0 Å². The van der Waals surface area contributed by atoms with E-state index in [0.29, 0.717) is 11.3 Å². The van der Waals surface area contributed by atoms with Crippen LogP contribution in [0.5, 0.6) is 5.75 Å². The molecule has 0 aromatic carbocycles. The maximum Gasteiger partial charge on any atom is 0.422 e. The van der Waals surface area contributed by atoms with Gasteiger partial charge < -0.3 is 10.1 Å². The maximum absolute atomic E-state index is 13.1. The van der Waals surface area contributed by atoms with Crippen LogP contribution in [0, 0.1) is 0 Å². The summed E-state index contributed by atoms with van der Waals surface area (Å²) in [6.07, 6.45) is -6.50. The molecule has 5 nitrogen and oxygen atoms in total. The number of amides is 1. The number of carbonyl (C=O) groups excluding carboxylic acids is 1. The molecule has 0 aliphatic heterocycles. The van der Waals surface area contributed by atoms with Crippen LogP contribution in [-0.2, 0) is 16.6 Å². The predicted octanol–water partition coefficient (Wildman–Crippen LogP) is 4.43. The number of hydrogen-bond acceptors (Lipinski definition) is 4. The number of alkyl halides is 6. The number of nitrogens with zero attached hydrogens (tertiary/aromatic N) is 2. The summed E-state index contributed by atoms with van der Waals surface area (Å²) in [5.41, 5.74) is -1.06. The quantitative estimate of drug-likeness (QED) is 0.638. The van der Waals surface area contributed by atoms with Crippen molar-refractivity contribution >= 4 is 5.91 Å². The Morgan fingerprint density at radius 3 is 2.29 bits per heavy atom. The number of carbonyl (C=O) groups is 1. The molecule has 1 fully saturated rings. The van der Waals surface area contributed by atoms with Crippen LogP contribution in [0.1, 0.15) is 42.8 Å². The first kappa shape index (κ1) is 22.8. The van der Waals surface area contributed by atoms with Gasteiger partial charge in [-0.2, -0.15) is 26.3 Å². The molecular formula is C20H19F6N3O2. The van der Waals surface area contributed by atoms with Gasteiger partial charge in [0.15, 0.2) is 6.61 Å². The SMILES string of the molecule is C[C@@H](NC(=O)Cc1ccc(C2(C(F)(F)F)CC2)nc1)c1ccc(OCC(F)(F)F)cn1. The van der Waals surface area contributed by atoms with E-state index in [1.165, 1.54) is 30.5 Å². The molecule has 1 aliphatic rings. The van der Waals surface area contributed by atoms with Gasteiger partial charge in [0, 0.05) is 6.20 Å². The van der Waals surface area contributed by atoms with Gasteiger partial charge in [0.2, 0.25) is 5.91 Å². The van der Waals surface area contributed by atoms with Crippen molar-refractivity contribution in [1.29, 1.82) is 0 Å². The Labute approximate surface area is 173 Å². The number of pyridine rings is 2. The van der Waals surface area contributed by atoms with Crippen LogP contribution in [0.3, 0.4) is 0 Å². The van der Waals surface area contributed by atoms with Crippen LogP contribution >= 0.6 is 0 Å². The van der Waals surface area contributed by atoms with E-state index in [1.807, 2.05) is 0 Å². The van der Waals surface area contributed by atoms with E-state index < -0.39 is 36.3 Å². The monoisotopic (exact) mass is 447 g/mol. The second kappa shape index (κ2) is 8.35. The van der Waals surface area contributed by atoms with Gasteiger partial charge in [-0.3, -0.25) is 14.8 Å². The Kier molecular flexibility index (Phi) is 6.15. The minimum absolute atomic E-state index is 0.00782. The summed E-state index contributed by atoms with van der Waals surface area (Å²) in [5.74, 6) is -0.462. The van der Waals surface area contributed by atoms with E-state index in [-0.39, 0.29) is 30.7 Å². The molecular weight excluding hydrogens is 428 g/mol. The molecule has 168 valence electrons. The minimum atomic E-state index is -4.46. The number of nitrogens with one attached hydrogen (secondary N) is 1. The van der Waals surface area contributed by atoms with Crippen LogP contribution in [0.25, 0.3) is 0 Å². The largest absolute Gasteiger partial charge is 0.483 e. The highest BCUT2D eigenvalue weighted by molar-refractivity contribution is 5.78. The molecule has 1 amide bonds. The van der Waals surface area contributed by atoms with Crippen molar-refractivity contribution < 1.29 is 35.9 Å². The Hall–Kier alpha value is -2.85. The van der Waals surface area contributed by atoms with Gasteiger partial charge >= 0.3 is 12.4 Å². The van der Waals surface area contributed by atoms with Crippen molar-refractivity contribution in [2.75, 3.05) is 6.61 Å². The molecule has 0 spiro atoms. The first-order valence-corrected chi connectivity index (χ1v) is 9.37. The number of halogens is 6. The van der Waals surface area contributed by atoms with Crippen LogP contribution in [0.2, 0.25) is 0 Å². The highest BCUT2D eigenvalue weighted by Gasteiger charge is 2.65. The highest BCUT2D eigenvalue weighted by Crippen LogP contribution is 2.58. The van der Waals surface area contributed by atoms with Crippen molar-refractivity contribution in [2.24, 2.45) is 0 Å². The number of ether oxygens (including phenoxy) is 1. The average molecular weight is 447 g/mol. The van der Waals surface area contributed by atoms with Crippen molar-refractivity contribution in [3.05, 3.63) is 53.6 Å². The zero-order valence-electron chi connectivity index (χ0n) is 16.3. The van der Waals surface area contributed by atoms with Crippen molar-refractivity contribution in [1.82, 2.24) is 15.3 Å². The summed E-state index contributed by atoms with van der Waals surface area (Å²) >= 11 is 0. The Morgan fingerprint density at radius 1 is 1.10 bits per heavy atom. The fourth-order valence-electron chi connectivity index (χ4n) is 3.07. The molecule has 1 saturated carbocycles. The second-order valence-corrected chi connectivity index (χ2v) is 7.42. The van der Waals surface area contributed by atoms with Gasteiger partial charge in [-0.15, -0.1) is 0 Å². The molecule has 1 aliphatic carbocycles. The van der Waals surface area contributed by atoms with Crippen molar-refractivity contribution in [3.8, 4) is 5.75 Å². The fraction of sp³-hybridized carbons (Fsp3) is 0.450. The summed E-state index contributed by atoms with van der Waals surface area (Å²) in [7, 11) is 0. The molecule has 31 heavy (non-hydrogen) atoms. The van der Waals surface area contributed by atoms with Crippen LogP contribution < -0.4 is 10.1 Å². The smallest absolute Gasteiger partial charge is 0.422 e. The van der Waals surface area contributed by atoms with Gasteiger partial charge in [-0.05, 0) is 43.5 Å². The molecule has 1 N–H and O–H groups in total. The lowest BCUT2D eigenvalue weighted by Gasteiger charge is -2.18. The van der Waals surface area contributed by atoms with E-state index in [9.17, 15) is 31.1 Å². The highest BCUT2D eigenvalue weighted by atomic mass is 19.4. The molecule has 0 radical (unpaired) electrons. The summed E-state index contributed by atoms with van der Waals surface area (Å²) in [4.78, 5) is 20.1. The fourth-order valence-corrected chi connectivity index (χ4v) is 3.07.